The van der Waals surface area contributed by atoms with Crippen LogP contribution in [-0.4, -0.2) is 5.33 Å². The van der Waals surface area contributed by atoms with Crippen LogP contribution >= 0.6 is 63.7 Å². The Balaban J connectivity index is 2.25. The molecule has 0 aromatic heterocycles. The zero-order chi connectivity index (χ0) is 13.4. The van der Waals surface area contributed by atoms with Crippen LogP contribution in [0.2, 0.25) is 0 Å². The van der Waals surface area contributed by atoms with E-state index in [1.165, 1.54) is 48.6 Å². The van der Waals surface area contributed by atoms with Gasteiger partial charge in [0.2, 0.25) is 0 Å². The summed E-state index contributed by atoms with van der Waals surface area (Å²) in [5, 5.41) is 1.15. The molecule has 102 valence electrons. The van der Waals surface area contributed by atoms with Gasteiger partial charge in [-0.15, -0.1) is 0 Å². The number of alkyl halides is 1. The van der Waals surface area contributed by atoms with Crippen molar-refractivity contribution in [2.75, 3.05) is 5.33 Å². The fraction of sp³-hybridized carbons (Fsp3) is 0.571. The van der Waals surface area contributed by atoms with E-state index in [0.29, 0.717) is 0 Å². The van der Waals surface area contributed by atoms with Gasteiger partial charge in [-0.1, -0.05) is 57.5 Å². The van der Waals surface area contributed by atoms with Crippen molar-refractivity contribution in [1.29, 1.82) is 0 Å². The van der Waals surface area contributed by atoms with E-state index >= 15 is 0 Å². The van der Waals surface area contributed by atoms with E-state index in [0.717, 1.165) is 20.7 Å². The van der Waals surface area contributed by atoms with Crippen LogP contribution in [0, 0.1) is 0 Å². The Hall–Kier alpha value is 1.14. The summed E-state index contributed by atoms with van der Waals surface area (Å²) in [6.45, 7) is 0. The van der Waals surface area contributed by atoms with Gasteiger partial charge < -0.3 is 0 Å². The smallest absolute Gasteiger partial charge is 0.0328 e. The average Bonchev–Trinajstić information content (AvgIpc) is 2.34. The highest BCUT2D eigenvalue weighted by molar-refractivity contribution is 9.13. The normalized spacial score (nSPS) is 10.9. The van der Waals surface area contributed by atoms with Crippen molar-refractivity contribution in [3.8, 4) is 0 Å². The van der Waals surface area contributed by atoms with Crippen molar-refractivity contribution in [2.24, 2.45) is 0 Å². The highest BCUT2D eigenvalue weighted by atomic mass is 79.9. The lowest BCUT2D eigenvalue weighted by atomic mass is 10.1. The van der Waals surface area contributed by atoms with E-state index in [1.807, 2.05) is 0 Å². The maximum atomic E-state index is 3.63. The summed E-state index contributed by atoms with van der Waals surface area (Å²) >= 11 is 14.2. The van der Waals surface area contributed by atoms with E-state index in [4.69, 9.17) is 0 Å². The molecule has 0 aliphatic carbocycles. The molecule has 0 bridgehead atoms. The van der Waals surface area contributed by atoms with Gasteiger partial charge in [0, 0.05) is 18.7 Å². The van der Waals surface area contributed by atoms with Crippen LogP contribution in [0.5, 0.6) is 0 Å². The number of aryl methyl sites for hydroxylation is 1. The molecule has 0 saturated heterocycles. The first-order valence-electron chi connectivity index (χ1n) is 6.34. The highest BCUT2D eigenvalue weighted by Crippen LogP contribution is 2.30. The number of hydrogen-bond donors (Lipinski definition) is 0. The number of rotatable bonds is 8. The molecule has 1 aromatic carbocycles. The fourth-order valence-corrected chi connectivity index (χ4v) is 3.85. The number of unbranched alkanes of at least 4 members (excludes halogenated alkanes) is 5. The zero-order valence-corrected chi connectivity index (χ0v) is 16.7. The first kappa shape index (κ1) is 17.2. The molecule has 0 nitrogen and oxygen atoms in total. The third kappa shape index (κ3) is 6.53. The van der Waals surface area contributed by atoms with Crippen molar-refractivity contribution in [1.82, 2.24) is 0 Å². The van der Waals surface area contributed by atoms with Crippen LogP contribution in [-0.2, 0) is 6.42 Å². The number of benzene rings is 1. The fourth-order valence-electron chi connectivity index (χ4n) is 1.87. The lowest BCUT2D eigenvalue weighted by Crippen LogP contribution is -1.89. The minimum absolute atomic E-state index is 1.10. The Kier molecular flexibility index (Phi) is 9.51. The Morgan fingerprint density at radius 3 is 1.89 bits per heavy atom. The Bertz CT molecular complexity index is 363. The summed E-state index contributed by atoms with van der Waals surface area (Å²) in [4.78, 5) is 0. The van der Waals surface area contributed by atoms with Crippen LogP contribution < -0.4 is 0 Å². The van der Waals surface area contributed by atoms with Crippen molar-refractivity contribution in [3.05, 3.63) is 31.1 Å². The Morgan fingerprint density at radius 1 is 0.667 bits per heavy atom. The molecule has 0 atom stereocenters. The first-order valence-corrected chi connectivity index (χ1v) is 9.84. The predicted molar refractivity (Wildman–Crippen MR) is 94.7 cm³/mol. The third-order valence-corrected chi connectivity index (χ3v) is 6.06. The molecule has 0 N–H and O–H groups in total. The van der Waals surface area contributed by atoms with Gasteiger partial charge in [0.1, 0.15) is 0 Å². The van der Waals surface area contributed by atoms with Gasteiger partial charge in [0.05, 0.1) is 0 Å². The molecule has 0 aliphatic heterocycles. The molecule has 0 spiro atoms. The molecule has 1 rings (SSSR count). The molecular formula is C14H18Br4. The van der Waals surface area contributed by atoms with Crippen LogP contribution in [0.3, 0.4) is 0 Å². The molecular weight excluding hydrogens is 488 g/mol. The quantitative estimate of drug-likeness (QED) is 0.198. The molecule has 0 radical (unpaired) electrons. The highest BCUT2D eigenvalue weighted by Gasteiger charge is 2.04. The van der Waals surface area contributed by atoms with E-state index in [9.17, 15) is 0 Å². The van der Waals surface area contributed by atoms with Gasteiger partial charge in [-0.05, 0) is 68.8 Å². The van der Waals surface area contributed by atoms with Crippen molar-refractivity contribution >= 4 is 63.7 Å². The molecule has 4 heteroatoms. The van der Waals surface area contributed by atoms with Gasteiger partial charge >= 0.3 is 0 Å². The van der Waals surface area contributed by atoms with Crippen molar-refractivity contribution in [3.63, 3.8) is 0 Å². The van der Waals surface area contributed by atoms with Crippen molar-refractivity contribution < 1.29 is 0 Å². The van der Waals surface area contributed by atoms with Crippen LogP contribution in [0.1, 0.15) is 44.1 Å². The molecule has 0 unspecified atom stereocenters. The second-order valence-corrected chi connectivity index (χ2v) is 7.77. The monoisotopic (exact) mass is 502 g/mol. The zero-order valence-electron chi connectivity index (χ0n) is 10.3. The summed E-state index contributed by atoms with van der Waals surface area (Å²) < 4.78 is 3.45. The topological polar surface area (TPSA) is 0 Å². The molecule has 0 amide bonds. The van der Waals surface area contributed by atoms with E-state index in [1.54, 1.807) is 0 Å². The number of hydrogen-bond acceptors (Lipinski definition) is 0. The van der Waals surface area contributed by atoms with E-state index in [2.05, 4.69) is 75.9 Å². The van der Waals surface area contributed by atoms with Gasteiger partial charge in [-0.2, -0.15) is 0 Å². The van der Waals surface area contributed by atoms with Gasteiger partial charge in [0.25, 0.3) is 0 Å². The second-order valence-electron chi connectivity index (χ2n) is 4.42. The molecule has 0 saturated carbocycles. The lowest BCUT2D eigenvalue weighted by molar-refractivity contribution is 0.609. The van der Waals surface area contributed by atoms with Gasteiger partial charge in [-0.3, -0.25) is 0 Å². The minimum Gasteiger partial charge on any atom is -0.0928 e. The van der Waals surface area contributed by atoms with Crippen molar-refractivity contribution in [2.45, 2.75) is 44.9 Å². The second kappa shape index (κ2) is 9.95. The maximum Gasteiger partial charge on any atom is 0.0328 e. The van der Waals surface area contributed by atoms with E-state index < -0.39 is 0 Å². The van der Waals surface area contributed by atoms with Crippen LogP contribution in [0.15, 0.2) is 25.6 Å². The predicted octanol–water partition coefficient (Wildman–Crippen LogP) is 7.25. The Morgan fingerprint density at radius 2 is 1.22 bits per heavy atom. The first-order chi connectivity index (χ1) is 8.65. The average molecular weight is 506 g/mol. The largest absolute Gasteiger partial charge is 0.0928 e. The summed E-state index contributed by atoms with van der Waals surface area (Å²) in [7, 11) is 0. The minimum atomic E-state index is 1.10. The molecule has 0 aliphatic rings. The molecule has 18 heavy (non-hydrogen) atoms. The summed E-state index contributed by atoms with van der Waals surface area (Å²) in [6, 6.07) is 4.33. The Labute approximate surface area is 144 Å². The van der Waals surface area contributed by atoms with Crippen LogP contribution in [0.25, 0.3) is 0 Å². The van der Waals surface area contributed by atoms with Gasteiger partial charge in [-0.25, -0.2) is 0 Å². The van der Waals surface area contributed by atoms with Gasteiger partial charge in [0.15, 0.2) is 0 Å². The number of halogens is 4. The standard InChI is InChI=1S/C14H18Br4/c15-8-6-4-2-1-3-5-7-11-9-13(17)14(18)10-12(11)16/h9-10H,1-8H2. The lowest BCUT2D eigenvalue weighted by Gasteiger charge is -2.07. The van der Waals surface area contributed by atoms with E-state index in [-0.39, 0.29) is 0 Å². The summed E-state index contributed by atoms with van der Waals surface area (Å²) in [6.07, 6.45) is 9.18. The summed E-state index contributed by atoms with van der Waals surface area (Å²) in [5.41, 5.74) is 1.39. The molecule has 0 heterocycles. The molecule has 0 fully saturated rings. The third-order valence-electron chi connectivity index (χ3n) is 2.92. The van der Waals surface area contributed by atoms with Crippen LogP contribution in [0.4, 0.5) is 0 Å². The molecule has 1 aromatic rings. The maximum absolute atomic E-state index is 3.63. The SMILES string of the molecule is BrCCCCCCCCc1cc(Br)c(Br)cc1Br. The summed E-state index contributed by atoms with van der Waals surface area (Å²) in [5.74, 6) is 0.